The van der Waals surface area contributed by atoms with E-state index in [1.54, 1.807) is 44.6 Å². The average Bonchev–Trinajstić information content (AvgIpc) is 2.61. The topological polar surface area (TPSA) is 69.2 Å². The van der Waals surface area contributed by atoms with Crippen LogP contribution in [0.5, 0.6) is 17.2 Å². The van der Waals surface area contributed by atoms with E-state index in [-0.39, 0.29) is 5.91 Å². The van der Waals surface area contributed by atoms with Crippen molar-refractivity contribution >= 4 is 28.1 Å². The molecule has 0 aliphatic heterocycles. The molecule has 7 heteroatoms. The first-order chi connectivity index (χ1) is 11.6. The monoisotopic (exact) mass is 392 g/mol. The SMILES string of the molecule is COc1cc(OC)c(OC)cc1/C=N\NC(=O)c1ccccc1Br. The first-order valence-electron chi connectivity index (χ1n) is 6.98. The first-order valence-corrected chi connectivity index (χ1v) is 7.78. The van der Waals surface area contributed by atoms with Gasteiger partial charge in [0.2, 0.25) is 0 Å². The largest absolute Gasteiger partial charge is 0.496 e. The normalized spacial score (nSPS) is 10.5. The highest BCUT2D eigenvalue weighted by atomic mass is 79.9. The van der Waals surface area contributed by atoms with Gasteiger partial charge in [-0.25, -0.2) is 5.43 Å². The molecule has 0 heterocycles. The van der Waals surface area contributed by atoms with Crippen LogP contribution in [0, 0.1) is 0 Å². The number of carbonyl (C=O) groups is 1. The van der Waals surface area contributed by atoms with Gasteiger partial charge < -0.3 is 14.2 Å². The van der Waals surface area contributed by atoms with Gasteiger partial charge in [0, 0.05) is 16.1 Å². The van der Waals surface area contributed by atoms with Crippen LogP contribution in [-0.4, -0.2) is 33.5 Å². The van der Waals surface area contributed by atoms with Crippen molar-refractivity contribution in [2.45, 2.75) is 0 Å². The van der Waals surface area contributed by atoms with Crippen LogP contribution in [0.3, 0.4) is 0 Å². The Morgan fingerprint density at radius 1 is 1.04 bits per heavy atom. The number of hydrazone groups is 1. The predicted octanol–water partition coefficient (Wildman–Crippen LogP) is 3.24. The minimum atomic E-state index is -0.321. The van der Waals surface area contributed by atoms with E-state index < -0.39 is 0 Å². The van der Waals surface area contributed by atoms with Crippen molar-refractivity contribution < 1.29 is 19.0 Å². The van der Waals surface area contributed by atoms with Gasteiger partial charge in [0.05, 0.1) is 33.1 Å². The molecule has 0 aliphatic rings. The molecule has 0 saturated heterocycles. The maximum absolute atomic E-state index is 12.1. The fourth-order valence-corrected chi connectivity index (χ4v) is 2.48. The van der Waals surface area contributed by atoms with Crippen LogP contribution < -0.4 is 19.6 Å². The maximum atomic E-state index is 12.1. The van der Waals surface area contributed by atoms with Crippen molar-refractivity contribution in [2.75, 3.05) is 21.3 Å². The van der Waals surface area contributed by atoms with Gasteiger partial charge in [-0.2, -0.15) is 5.10 Å². The molecular weight excluding hydrogens is 376 g/mol. The summed E-state index contributed by atoms with van der Waals surface area (Å²) in [6, 6.07) is 10.5. The van der Waals surface area contributed by atoms with E-state index in [0.29, 0.717) is 32.8 Å². The molecule has 2 aromatic rings. The van der Waals surface area contributed by atoms with Gasteiger partial charge in [-0.05, 0) is 34.1 Å². The number of halogens is 1. The third kappa shape index (κ3) is 4.05. The zero-order chi connectivity index (χ0) is 17.5. The van der Waals surface area contributed by atoms with Crippen LogP contribution in [-0.2, 0) is 0 Å². The molecule has 1 amide bonds. The molecule has 0 saturated carbocycles. The fraction of sp³-hybridized carbons (Fsp3) is 0.176. The zero-order valence-corrected chi connectivity index (χ0v) is 15.1. The van der Waals surface area contributed by atoms with E-state index in [2.05, 4.69) is 26.5 Å². The summed E-state index contributed by atoms with van der Waals surface area (Å²) >= 11 is 3.33. The molecule has 0 radical (unpaired) electrons. The molecule has 0 unspecified atom stereocenters. The Kier molecular flexibility index (Phi) is 6.20. The van der Waals surface area contributed by atoms with Gasteiger partial charge in [0.1, 0.15) is 5.75 Å². The Labute approximate surface area is 148 Å². The van der Waals surface area contributed by atoms with E-state index in [9.17, 15) is 4.79 Å². The van der Waals surface area contributed by atoms with Crippen LogP contribution in [0.1, 0.15) is 15.9 Å². The summed E-state index contributed by atoms with van der Waals surface area (Å²) in [6.07, 6.45) is 1.48. The molecular formula is C17H17BrN2O4. The zero-order valence-electron chi connectivity index (χ0n) is 13.5. The van der Waals surface area contributed by atoms with E-state index in [1.807, 2.05) is 6.07 Å². The van der Waals surface area contributed by atoms with Crippen molar-refractivity contribution in [3.63, 3.8) is 0 Å². The Morgan fingerprint density at radius 3 is 2.29 bits per heavy atom. The number of ether oxygens (including phenoxy) is 3. The van der Waals surface area contributed by atoms with Crippen molar-refractivity contribution in [1.29, 1.82) is 0 Å². The van der Waals surface area contributed by atoms with E-state index in [4.69, 9.17) is 14.2 Å². The molecule has 24 heavy (non-hydrogen) atoms. The molecule has 0 spiro atoms. The lowest BCUT2D eigenvalue weighted by Gasteiger charge is -2.11. The van der Waals surface area contributed by atoms with Gasteiger partial charge in [0.25, 0.3) is 5.91 Å². The predicted molar refractivity (Wildman–Crippen MR) is 95.3 cm³/mol. The number of nitrogens with one attached hydrogen (secondary N) is 1. The Balaban J connectivity index is 2.19. The van der Waals surface area contributed by atoms with E-state index >= 15 is 0 Å². The Bertz CT molecular complexity index is 762. The van der Waals surface area contributed by atoms with E-state index in [0.717, 1.165) is 0 Å². The Morgan fingerprint density at radius 2 is 1.67 bits per heavy atom. The highest BCUT2D eigenvalue weighted by Crippen LogP contribution is 2.33. The second-order valence-corrected chi connectivity index (χ2v) is 5.48. The number of methoxy groups -OCH3 is 3. The highest BCUT2D eigenvalue weighted by Gasteiger charge is 2.11. The Hall–Kier alpha value is -2.54. The first kappa shape index (κ1) is 17.8. The third-order valence-electron chi connectivity index (χ3n) is 3.22. The van der Waals surface area contributed by atoms with Gasteiger partial charge in [-0.15, -0.1) is 0 Å². The number of hydrogen-bond donors (Lipinski definition) is 1. The number of amides is 1. The minimum absolute atomic E-state index is 0.321. The molecule has 0 aromatic heterocycles. The van der Waals surface area contributed by atoms with Crippen molar-refractivity contribution in [3.05, 3.63) is 52.0 Å². The van der Waals surface area contributed by atoms with Crippen LogP contribution in [0.2, 0.25) is 0 Å². The second-order valence-electron chi connectivity index (χ2n) is 4.63. The molecule has 0 bridgehead atoms. The lowest BCUT2D eigenvalue weighted by atomic mass is 10.2. The smallest absolute Gasteiger partial charge is 0.272 e. The molecule has 126 valence electrons. The molecule has 1 N–H and O–H groups in total. The molecule has 6 nitrogen and oxygen atoms in total. The molecule has 2 aromatic carbocycles. The van der Waals surface area contributed by atoms with Crippen LogP contribution in [0.25, 0.3) is 0 Å². The lowest BCUT2D eigenvalue weighted by Crippen LogP contribution is -2.18. The number of rotatable bonds is 6. The number of carbonyl (C=O) groups excluding carboxylic acids is 1. The van der Waals surface area contributed by atoms with Crippen molar-refractivity contribution in [2.24, 2.45) is 5.10 Å². The van der Waals surface area contributed by atoms with Crippen molar-refractivity contribution in [3.8, 4) is 17.2 Å². The minimum Gasteiger partial charge on any atom is -0.496 e. The van der Waals surface area contributed by atoms with Crippen LogP contribution in [0.15, 0.2) is 46.0 Å². The van der Waals surface area contributed by atoms with Crippen LogP contribution >= 0.6 is 15.9 Å². The summed E-state index contributed by atoms with van der Waals surface area (Å²) < 4.78 is 16.5. The average molecular weight is 393 g/mol. The summed E-state index contributed by atoms with van der Waals surface area (Å²) in [6.45, 7) is 0. The number of benzene rings is 2. The number of hydrogen-bond acceptors (Lipinski definition) is 5. The van der Waals surface area contributed by atoms with E-state index in [1.165, 1.54) is 13.3 Å². The van der Waals surface area contributed by atoms with Gasteiger partial charge in [-0.3, -0.25) is 4.79 Å². The quantitative estimate of drug-likeness (QED) is 0.605. The van der Waals surface area contributed by atoms with Gasteiger partial charge >= 0.3 is 0 Å². The van der Waals surface area contributed by atoms with Gasteiger partial charge in [-0.1, -0.05) is 12.1 Å². The van der Waals surface area contributed by atoms with Crippen LogP contribution in [0.4, 0.5) is 0 Å². The summed E-state index contributed by atoms with van der Waals surface area (Å²) in [7, 11) is 4.63. The molecule has 2 rings (SSSR count). The second kappa shape index (κ2) is 8.35. The molecule has 0 aliphatic carbocycles. The standard InChI is InChI=1S/C17H17BrN2O4/c1-22-14-9-16(24-3)15(23-2)8-11(14)10-19-20-17(21)12-6-4-5-7-13(12)18/h4-10H,1-3H3,(H,20,21)/b19-10-. The van der Waals surface area contributed by atoms with Crippen molar-refractivity contribution in [1.82, 2.24) is 5.43 Å². The summed E-state index contributed by atoms with van der Waals surface area (Å²) in [5.41, 5.74) is 3.61. The summed E-state index contributed by atoms with van der Waals surface area (Å²) in [4.78, 5) is 12.1. The highest BCUT2D eigenvalue weighted by molar-refractivity contribution is 9.10. The lowest BCUT2D eigenvalue weighted by molar-refractivity contribution is 0.0954. The molecule has 0 atom stereocenters. The van der Waals surface area contributed by atoms with Gasteiger partial charge in [0.15, 0.2) is 11.5 Å². The number of nitrogens with zero attached hydrogens (tertiary/aromatic N) is 1. The third-order valence-corrected chi connectivity index (χ3v) is 3.92. The molecule has 0 fully saturated rings. The summed E-state index contributed by atoms with van der Waals surface area (Å²) in [5.74, 6) is 1.31. The summed E-state index contributed by atoms with van der Waals surface area (Å²) in [5, 5.41) is 3.98. The maximum Gasteiger partial charge on any atom is 0.272 e. The fourth-order valence-electron chi connectivity index (χ4n) is 2.02.